The number of aryl methyl sites for hydroxylation is 2. The summed E-state index contributed by atoms with van der Waals surface area (Å²) in [5, 5.41) is 1.99. The van der Waals surface area contributed by atoms with E-state index in [1.165, 1.54) is 11.3 Å². The van der Waals surface area contributed by atoms with Crippen molar-refractivity contribution < 1.29 is 19.1 Å². The third-order valence-electron chi connectivity index (χ3n) is 6.43. The van der Waals surface area contributed by atoms with Crippen molar-refractivity contribution in [2.45, 2.75) is 40.2 Å². The molecule has 1 aliphatic rings. The van der Waals surface area contributed by atoms with Gasteiger partial charge in [-0.15, -0.1) is 11.3 Å². The van der Waals surface area contributed by atoms with E-state index >= 15 is 0 Å². The second-order valence-electron chi connectivity index (χ2n) is 9.04. The highest BCUT2D eigenvalue weighted by atomic mass is 32.1. The summed E-state index contributed by atoms with van der Waals surface area (Å²) < 4.78 is 7.12. The van der Waals surface area contributed by atoms with E-state index in [-0.39, 0.29) is 23.7 Å². The number of benzene rings is 2. The number of ether oxygens (including phenoxy) is 1. The van der Waals surface area contributed by atoms with Gasteiger partial charge < -0.3 is 14.2 Å². The summed E-state index contributed by atoms with van der Waals surface area (Å²) in [7, 11) is 0. The van der Waals surface area contributed by atoms with E-state index in [2.05, 4.69) is 4.99 Å². The van der Waals surface area contributed by atoms with Crippen LogP contribution in [0.1, 0.15) is 57.3 Å². The lowest BCUT2D eigenvalue weighted by Crippen LogP contribution is -2.40. The van der Waals surface area contributed by atoms with Crippen LogP contribution in [0, 0.1) is 19.8 Å². The van der Waals surface area contributed by atoms with Crippen molar-refractivity contribution in [1.29, 1.82) is 0 Å². The van der Waals surface area contributed by atoms with Gasteiger partial charge in [-0.2, -0.15) is 4.99 Å². The van der Waals surface area contributed by atoms with Crippen LogP contribution >= 0.6 is 11.3 Å². The minimum Gasteiger partial charge on any atom is -0.466 e. The average Bonchev–Trinajstić information content (AvgIpc) is 3.23. The molecule has 0 radical (unpaired) electrons. The van der Waals surface area contributed by atoms with Crippen molar-refractivity contribution in [3.05, 3.63) is 86.7 Å². The first-order chi connectivity index (χ1) is 17.4. The lowest BCUT2D eigenvalue weighted by atomic mass is 9.96. The minimum absolute atomic E-state index is 0.0254. The summed E-state index contributed by atoms with van der Waals surface area (Å²) in [6, 6.07) is 15.0. The van der Waals surface area contributed by atoms with Gasteiger partial charge in [0.1, 0.15) is 0 Å². The predicted octanol–water partition coefficient (Wildman–Crippen LogP) is 4.37. The Morgan fingerprint density at radius 2 is 1.61 bits per heavy atom. The number of hydrogen-bond donors (Lipinski definition) is 0. The number of aromatic nitrogens is 1. The smallest absolute Gasteiger partial charge is 0.309 e. The Hall–Kier alpha value is -3.52. The zero-order valence-electron chi connectivity index (χ0n) is 20.9. The van der Waals surface area contributed by atoms with Crippen molar-refractivity contribution >= 4 is 29.1 Å². The third-order valence-corrected chi connectivity index (χ3v) is 7.41. The van der Waals surface area contributed by atoms with Gasteiger partial charge in [-0.05, 0) is 63.4 Å². The average molecular weight is 506 g/mol. The number of hydrogen-bond acceptors (Lipinski definition) is 5. The quantitative estimate of drug-likeness (QED) is 0.466. The van der Waals surface area contributed by atoms with Crippen molar-refractivity contribution in [2.24, 2.45) is 10.9 Å². The van der Waals surface area contributed by atoms with Crippen molar-refractivity contribution in [3.63, 3.8) is 0 Å². The Bertz CT molecular complexity index is 1300. The fourth-order valence-electron chi connectivity index (χ4n) is 4.24. The first kappa shape index (κ1) is 25.6. The Kier molecular flexibility index (Phi) is 8.15. The van der Waals surface area contributed by atoms with Crippen LogP contribution < -0.4 is 4.80 Å². The Labute approximate surface area is 215 Å². The van der Waals surface area contributed by atoms with E-state index < -0.39 is 0 Å². The highest BCUT2D eigenvalue weighted by molar-refractivity contribution is 7.07. The third kappa shape index (κ3) is 5.99. The van der Waals surface area contributed by atoms with Gasteiger partial charge in [0.05, 0.1) is 19.1 Å². The number of piperidine rings is 1. The number of carbonyl (C=O) groups is 3. The Balaban J connectivity index is 1.42. The molecule has 0 spiro atoms. The molecular weight excluding hydrogens is 474 g/mol. The molecule has 3 aromatic rings. The van der Waals surface area contributed by atoms with E-state index in [1.807, 2.05) is 60.2 Å². The summed E-state index contributed by atoms with van der Waals surface area (Å²) in [6.45, 7) is 7.81. The maximum atomic E-state index is 13.0. The highest BCUT2D eigenvalue weighted by Gasteiger charge is 2.28. The van der Waals surface area contributed by atoms with Crippen LogP contribution in [0.3, 0.4) is 0 Å². The molecule has 0 saturated carbocycles. The molecule has 1 aromatic heterocycles. The molecule has 0 bridgehead atoms. The maximum absolute atomic E-state index is 13.0. The normalized spacial score (nSPS) is 14.6. The molecule has 2 amide bonds. The van der Waals surface area contributed by atoms with Crippen molar-refractivity contribution in [3.8, 4) is 0 Å². The van der Waals surface area contributed by atoms with Crippen LogP contribution in [0.4, 0.5) is 0 Å². The second-order valence-corrected chi connectivity index (χ2v) is 9.88. The first-order valence-electron chi connectivity index (χ1n) is 12.2. The number of thiazole rings is 1. The van der Waals surface area contributed by atoms with Gasteiger partial charge in [0, 0.05) is 35.3 Å². The molecule has 0 aliphatic carbocycles. The van der Waals surface area contributed by atoms with Crippen LogP contribution in [-0.4, -0.2) is 46.9 Å². The van der Waals surface area contributed by atoms with E-state index in [4.69, 9.17) is 4.74 Å². The van der Waals surface area contributed by atoms with Crippen LogP contribution in [0.2, 0.25) is 0 Å². The van der Waals surface area contributed by atoms with Crippen LogP contribution in [-0.2, 0) is 16.1 Å². The van der Waals surface area contributed by atoms with Crippen LogP contribution in [0.15, 0.2) is 58.9 Å². The predicted molar refractivity (Wildman–Crippen MR) is 139 cm³/mol. The number of esters is 1. The molecule has 8 heteroatoms. The van der Waals surface area contributed by atoms with Gasteiger partial charge in [-0.1, -0.05) is 29.8 Å². The molecule has 1 saturated heterocycles. The summed E-state index contributed by atoms with van der Waals surface area (Å²) in [4.78, 5) is 44.4. The number of carbonyl (C=O) groups excluding carboxylic acids is 3. The van der Waals surface area contributed by atoms with Crippen LogP contribution in [0.5, 0.6) is 0 Å². The summed E-state index contributed by atoms with van der Waals surface area (Å²) in [5.41, 5.74) is 4.31. The van der Waals surface area contributed by atoms with E-state index in [0.717, 1.165) is 16.8 Å². The zero-order chi connectivity index (χ0) is 25.7. The number of nitrogens with zero attached hydrogens (tertiary/aromatic N) is 3. The van der Waals surface area contributed by atoms with Gasteiger partial charge in [0.15, 0.2) is 4.80 Å². The molecule has 0 N–H and O–H groups in total. The van der Waals surface area contributed by atoms with E-state index in [9.17, 15) is 14.4 Å². The number of amides is 2. The molecule has 1 fully saturated rings. The fourth-order valence-corrected chi connectivity index (χ4v) is 5.11. The highest BCUT2D eigenvalue weighted by Crippen LogP contribution is 2.21. The van der Waals surface area contributed by atoms with Gasteiger partial charge in [0.2, 0.25) is 0 Å². The first-order valence-corrected chi connectivity index (χ1v) is 13.1. The molecule has 188 valence electrons. The molecule has 2 aromatic carbocycles. The lowest BCUT2D eigenvalue weighted by molar-refractivity contribution is -0.149. The fraction of sp³-hybridized carbons (Fsp3) is 0.357. The molecule has 1 aliphatic heterocycles. The largest absolute Gasteiger partial charge is 0.466 e. The van der Waals surface area contributed by atoms with E-state index in [1.54, 1.807) is 24.0 Å². The summed E-state index contributed by atoms with van der Waals surface area (Å²) in [6.07, 6.45) is 1.26. The number of likely N-dealkylation sites (tertiary alicyclic amines) is 1. The zero-order valence-corrected chi connectivity index (χ0v) is 21.7. The van der Waals surface area contributed by atoms with Gasteiger partial charge >= 0.3 is 5.97 Å². The van der Waals surface area contributed by atoms with Crippen molar-refractivity contribution in [2.75, 3.05) is 19.7 Å². The molecule has 4 rings (SSSR count). The summed E-state index contributed by atoms with van der Waals surface area (Å²) >= 11 is 1.44. The maximum Gasteiger partial charge on any atom is 0.309 e. The SMILES string of the molecule is CCOC(=O)C1CCN(C(=O)c2ccc(Cn3c(C)csc3=NC(=O)c3ccc(C)cc3)cc2)CC1. The molecule has 0 unspecified atom stereocenters. The Morgan fingerprint density at radius 1 is 0.972 bits per heavy atom. The second kappa shape index (κ2) is 11.5. The number of rotatable bonds is 6. The molecule has 36 heavy (non-hydrogen) atoms. The molecular formula is C28H31N3O4S. The van der Waals surface area contributed by atoms with Crippen LogP contribution in [0.25, 0.3) is 0 Å². The van der Waals surface area contributed by atoms with Crippen molar-refractivity contribution in [1.82, 2.24) is 9.47 Å². The molecule has 7 nitrogen and oxygen atoms in total. The molecule has 2 heterocycles. The molecule has 0 atom stereocenters. The van der Waals surface area contributed by atoms with Gasteiger partial charge in [-0.3, -0.25) is 14.4 Å². The van der Waals surface area contributed by atoms with Gasteiger partial charge in [0.25, 0.3) is 11.8 Å². The lowest BCUT2D eigenvalue weighted by Gasteiger charge is -2.31. The topological polar surface area (TPSA) is 81.0 Å². The van der Waals surface area contributed by atoms with Gasteiger partial charge in [-0.25, -0.2) is 0 Å². The monoisotopic (exact) mass is 505 g/mol. The minimum atomic E-state index is -0.265. The Morgan fingerprint density at radius 3 is 2.25 bits per heavy atom. The standard InChI is InChI=1S/C28H31N3O4S/c1-4-35-27(34)24-13-15-30(16-14-24)26(33)23-11-7-21(8-12-23)17-31-20(3)18-36-28(31)29-25(32)22-9-5-19(2)6-10-22/h5-12,18,24H,4,13-17H2,1-3H3. The van der Waals surface area contributed by atoms with E-state index in [0.29, 0.717) is 55.0 Å². The summed E-state index contributed by atoms with van der Waals surface area (Å²) in [5.74, 6) is -0.581.